The second-order valence-electron chi connectivity index (χ2n) is 18.0. The molecule has 0 saturated carbocycles. The number of hydrogen-bond acceptors (Lipinski definition) is 4. The van der Waals surface area contributed by atoms with E-state index in [-0.39, 0.29) is 6.71 Å². The van der Waals surface area contributed by atoms with Crippen LogP contribution in [0.25, 0.3) is 84.1 Å². The molecular formula is C62H37BN2S2. The van der Waals surface area contributed by atoms with Gasteiger partial charge < -0.3 is 9.80 Å². The predicted octanol–water partition coefficient (Wildman–Crippen LogP) is 16.1. The second kappa shape index (κ2) is 14.3. The Bertz CT molecular complexity index is 3930. The first kappa shape index (κ1) is 37.3. The van der Waals surface area contributed by atoms with Crippen LogP contribution in [0.4, 0.5) is 34.1 Å². The number of fused-ring (bicyclic) bond motifs is 12. The smallest absolute Gasteiger partial charge is 0.252 e. The lowest BCUT2D eigenvalue weighted by Gasteiger charge is -2.45. The third kappa shape index (κ3) is 5.50. The Balaban J connectivity index is 1.11. The Kier molecular flexibility index (Phi) is 7.94. The van der Waals surface area contributed by atoms with Crippen molar-refractivity contribution in [3.8, 4) is 22.3 Å². The summed E-state index contributed by atoms with van der Waals surface area (Å²) in [5, 5.41) is 10.1. The first-order valence-electron chi connectivity index (χ1n) is 23.0. The minimum absolute atomic E-state index is 0.0453. The molecule has 67 heavy (non-hydrogen) atoms. The van der Waals surface area contributed by atoms with E-state index in [1.807, 2.05) is 22.7 Å². The molecule has 13 aromatic rings. The molecule has 0 spiro atoms. The molecule has 0 radical (unpaired) electrons. The summed E-state index contributed by atoms with van der Waals surface area (Å²) < 4.78 is 5.22. The summed E-state index contributed by atoms with van der Waals surface area (Å²) in [7, 11) is 0. The summed E-state index contributed by atoms with van der Waals surface area (Å²) >= 11 is 3.79. The van der Waals surface area contributed by atoms with E-state index in [9.17, 15) is 0 Å². The second-order valence-corrected chi connectivity index (χ2v) is 20.2. The van der Waals surface area contributed by atoms with Crippen LogP contribution in [0, 0.1) is 0 Å². The third-order valence-corrected chi connectivity index (χ3v) is 16.6. The average Bonchev–Trinajstić information content (AvgIpc) is 3.94. The lowest BCUT2D eigenvalue weighted by molar-refractivity contribution is 1.26. The van der Waals surface area contributed by atoms with Crippen LogP contribution in [-0.2, 0) is 0 Å². The van der Waals surface area contributed by atoms with E-state index in [0.717, 1.165) is 0 Å². The zero-order valence-electron chi connectivity index (χ0n) is 36.2. The van der Waals surface area contributed by atoms with Gasteiger partial charge in [-0.15, -0.1) is 22.7 Å². The number of hydrogen-bond donors (Lipinski definition) is 0. The van der Waals surface area contributed by atoms with Crippen molar-refractivity contribution >= 4 is 142 Å². The van der Waals surface area contributed by atoms with Gasteiger partial charge in [0, 0.05) is 63.4 Å². The van der Waals surface area contributed by atoms with E-state index < -0.39 is 0 Å². The Morgan fingerprint density at radius 1 is 0.284 bits per heavy atom. The maximum atomic E-state index is 2.61. The van der Waals surface area contributed by atoms with Crippen molar-refractivity contribution in [3.63, 3.8) is 0 Å². The van der Waals surface area contributed by atoms with Crippen LogP contribution in [0.2, 0.25) is 0 Å². The molecule has 0 amide bonds. The molecule has 310 valence electrons. The van der Waals surface area contributed by atoms with Crippen molar-refractivity contribution in [3.05, 3.63) is 224 Å². The molecule has 0 atom stereocenters. The predicted molar refractivity (Wildman–Crippen MR) is 292 cm³/mol. The highest BCUT2D eigenvalue weighted by Gasteiger charge is 2.44. The minimum Gasteiger partial charge on any atom is -0.311 e. The van der Waals surface area contributed by atoms with E-state index in [0.29, 0.717) is 0 Å². The Labute approximate surface area is 395 Å². The van der Waals surface area contributed by atoms with Gasteiger partial charge in [-0.2, -0.15) is 0 Å². The highest BCUT2D eigenvalue weighted by atomic mass is 32.1. The molecule has 11 aromatic carbocycles. The quantitative estimate of drug-likeness (QED) is 0.163. The Morgan fingerprint density at radius 2 is 0.687 bits per heavy atom. The molecule has 2 aliphatic rings. The summed E-state index contributed by atoms with van der Waals surface area (Å²) in [6.07, 6.45) is 0. The lowest BCUT2D eigenvalue weighted by atomic mass is 9.33. The number of rotatable bonds is 4. The fraction of sp³-hybridized carbons (Fsp3) is 0. The van der Waals surface area contributed by atoms with Crippen LogP contribution in [0.1, 0.15) is 0 Å². The molecule has 15 rings (SSSR count). The molecule has 2 aliphatic heterocycles. The molecular weight excluding hydrogens is 848 g/mol. The van der Waals surface area contributed by atoms with Gasteiger partial charge in [0.05, 0.1) is 11.4 Å². The summed E-state index contributed by atoms with van der Waals surface area (Å²) in [4.78, 5) is 5.23. The van der Waals surface area contributed by atoms with Gasteiger partial charge >= 0.3 is 0 Å². The molecule has 0 fully saturated rings. The van der Waals surface area contributed by atoms with Gasteiger partial charge in [-0.05, 0) is 120 Å². The monoisotopic (exact) mass is 884 g/mol. The summed E-state index contributed by atoms with van der Waals surface area (Å²) in [5.41, 5.74) is 16.0. The van der Waals surface area contributed by atoms with Crippen molar-refractivity contribution in [1.29, 1.82) is 0 Å². The van der Waals surface area contributed by atoms with Crippen LogP contribution in [0.3, 0.4) is 0 Å². The largest absolute Gasteiger partial charge is 0.311 e. The van der Waals surface area contributed by atoms with Crippen LogP contribution in [0.15, 0.2) is 224 Å². The molecule has 0 unspecified atom stereocenters. The first-order valence-corrected chi connectivity index (χ1v) is 24.7. The summed E-state index contributed by atoms with van der Waals surface area (Å²) in [6.45, 7) is -0.0453. The van der Waals surface area contributed by atoms with Gasteiger partial charge in [-0.25, -0.2) is 0 Å². The molecule has 0 aliphatic carbocycles. The van der Waals surface area contributed by atoms with Crippen molar-refractivity contribution in [2.24, 2.45) is 0 Å². The molecule has 4 heterocycles. The van der Waals surface area contributed by atoms with Crippen molar-refractivity contribution in [1.82, 2.24) is 0 Å². The van der Waals surface area contributed by atoms with E-state index in [4.69, 9.17) is 0 Å². The molecule has 2 aromatic heterocycles. The Hall–Kier alpha value is -7.96. The van der Waals surface area contributed by atoms with E-state index in [1.165, 1.54) is 135 Å². The van der Waals surface area contributed by atoms with Crippen molar-refractivity contribution in [2.45, 2.75) is 0 Å². The van der Waals surface area contributed by atoms with E-state index in [1.54, 1.807) is 0 Å². The molecule has 0 saturated heterocycles. The number of benzene rings is 11. The minimum atomic E-state index is -0.0453. The standard InChI is InChI=1S/C62H37BN2S2/c1-3-16-38(17-4-1)46-30-40-20-7-9-22-42(40)32-54(46)64-52-26-15-27-53-62(52)63(50-34-48-44-24-11-13-28-58(44)66-60(48)36-56(50)64)51-35-49-45-25-12-14-29-59(45)67-61(49)37-57(51)65(53)55-33-43-23-10-8-21-41(43)31-47(55)39-18-5-2-6-19-39/h1-37H. The maximum absolute atomic E-state index is 2.61. The highest BCUT2D eigenvalue weighted by molar-refractivity contribution is 7.26. The van der Waals surface area contributed by atoms with Crippen LogP contribution >= 0.6 is 22.7 Å². The maximum Gasteiger partial charge on any atom is 0.252 e. The zero-order chi connectivity index (χ0) is 43.7. The fourth-order valence-corrected chi connectivity index (χ4v) is 13.7. The van der Waals surface area contributed by atoms with Crippen LogP contribution < -0.4 is 26.2 Å². The van der Waals surface area contributed by atoms with Crippen molar-refractivity contribution < 1.29 is 0 Å². The SMILES string of the molecule is c1ccc(-c2cc3ccccc3cc2N2c3cc4sc5ccccc5c4cc3B3c4cc5c(cc4N(c4cc6ccccc6cc4-c4ccccc4)c4cccc2c43)sc2ccccc25)cc1. The van der Waals surface area contributed by atoms with Crippen LogP contribution in [-0.4, -0.2) is 6.71 Å². The fourth-order valence-electron chi connectivity index (χ4n) is 11.4. The molecule has 2 nitrogen and oxygen atoms in total. The normalized spacial score (nSPS) is 13.0. The van der Waals surface area contributed by atoms with Gasteiger partial charge in [-0.3, -0.25) is 0 Å². The number of thiophene rings is 2. The van der Waals surface area contributed by atoms with Gasteiger partial charge in [0.15, 0.2) is 0 Å². The number of nitrogens with zero attached hydrogens (tertiary/aromatic N) is 2. The lowest BCUT2D eigenvalue weighted by Crippen LogP contribution is -2.61. The summed E-state index contributed by atoms with van der Waals surface area (Å²) in [5.74, 6) is 0. The average molecular weight is 885 g/mol. The zero-order valence-corrected chi connectivity index (χ0v) is 37.8. The third-order valence-electron chi connectivity index (χ3n) is 14.4. The van der Waals surface area contributed by atoms with Gasteiger partial charge in [0.2, 0.25) is 0 Å². The topological polar surface area (TPSA) is 6.48 Å². The Morgan fingerprint density at radius 3 is 1.15 bits per heavy atom. The van der Waals surface area contributed by atoms with E-state index >= 15 is 0 Å². The highest BCUT2D eigenvalue weighted by Crippen LogP contribution is 2.51. The molecule has 0 N–H and O–H groups in total. The number of anilines is 6. The van der Waals surface area contributed by atoms with Crippen LogP contribution in [0.5, 0.6) is 0 Å². The van der Waals surface area contributed by atoms with E-state index in [2.05, 4.69) is 234 Å². The molecule has 0 bridgehead atoms. The van der Waals surface area contributed by atoms with Crippen molar-refractivity contribution in [2.75, 3.05) is 9.80 Å². The van der Waals surface area contributed by atoms with Gasteiger partial charge in [0.25, 0.3) is 6.71 Å². The summed E-state index contributed by atoms with van der Waals surface area (Å²) in [6, 6.07) is 84.3. The first-order chi connectivity index (χ1) is 33.2. The van der Waals surface area contributed by atoms with Gasteiger partial charge in [-0.1, -0.05) is 164 Å². The van der Waals surface area contributed by atoms with Gasteiger partial charge in [0.1, 0.15) is 0 Å². The molecule has 5 heteroatoms.